The highest BCUT2D eigenvalue weighted by molar-refractivity contribution is 7.86. The Hall–Kier alpha value is -8.08. The van der Waals surface area contributed by atoms with Gasteiger partial charge in [0, 0.05) is 33.5 Å². The van der Waals surface area contributed by atoms with E-state index < -0.39 is 94.4 Å². The molecular weight excluding hydrogens is 997 g/mol. The summed E-state index contributed by atoms with van der Waals surface area (Å²) in [7, 11) is -19.1. The Balaban J connectivity index is 1.06. The van der Waals surface area contributed by atoms with Gasteiger partial charge in [-0.3, -0.25) is 18.2 Å². The van der Waals surface area contributed by atoms with Crippen LogP contribution in [0.3, 0.4) is 0 Å². The molecule has 22 nitrogen and oxygen atoms in total. The van der Waals surface area contributed by atoms with Crippen LogP contribution in [0.4, 0.5) is 45.5 Å². The van der Waals surface area contributed by atoms with Gasteiger partial charge >= 0.3 is 0 Å². The van der Waals surface area contributed by atoms with Crippen LogP contribution in [0.2, 0.25) is 0 Å². The number of hydrogen-bond donors (Lipinski definition) is 10. The number of fused-ring (bicyclic) bond motifs is 2. The fraction of sp³-hybridized carbons (Fsp3) is 0. The van der Waals surface area contributed by atoms with Gasteiger partial charge in [0.25, 0.3) is 40.5 Å². The van der Waals surface area contributed by atoms with Gasteiger partial charge in [0.2, 0.25) is 0 Å². The molecular formula is C44H32N6O16S4. The Morgan fingerprint density at radius 1 is 0.371 bits per heavy atom. The quantitative estimate of drug-likeness (QED) is 0.0379. The van der Waals surface area contributed by atoms with E-state index in [0.717, 1.165) is 24.3 Å². The van der Waals surface area contributed by atoms with Crippen LogP contribution < -0.4 is 10.6 Å². The first-order valence-electron chi connectivity index (χ1n) is 19.6. The van der Waals surface area contributed by atoms with Crippen molar-refractivity contribution in [2.75, 3.05) is 10.6 Å². The monoisotopic (exact) mass is 1030 g/mol. The summed E-state index contributed by atoms with van der Waals surface area (Å²) in [5.74, 6) is -2.54. The third-order valence-electron chi connectivity index (χ3n) is 10.3. The van der Waals surface area contributed by atoms with Gasteiger partial charge in [0.1, 0.15) is 44.0 Å². The van der Waals surface area contributed by atoms with Crippen LogP contribution in [0.15, 0.2) is 173 Å². The fourth-order valence-corrected chi connectivity index (χ4v) is 9.38. The van der Waals surface area contributed by atoms with Crippen molar-refractivity contribution in [1.82, 2.24) is 0 Å². The number of rotatable bonds is 13. The van der Waals surface area contributed by atoms with E-state index in [2.05, 4.69) is 31.1 Å². The van der Waals surface area contributed by atoms with E-state index in [4.69, 9.17) is 0 Å². The topological polar surface area (TPSA) is 372 Å². The molecule has 358 valence electrons. The first kappa shape index (κ1) is 48.4. The van der Waals surface area contributed by atoms with E-state index in [1.165, 1.54) is 109 Å². The summed E-state index contributed by atoms with van der Waals surface area (Å²) in [5.41, 5.74) is -0.323. The van der Waals surface area contributed by atoms with Gasteiger partial charge in [-0.15, -0.1) is 20.5 Å². The number of azo groups is 2. The van der Waals surface area contributed by atoms with Gasteiger partial charge in [0.15, 0.2) is 11.5 Å². The SMILES string of the molecule is O=S(=O)(O)c1cccc(Nc2ccc3cc(S(=O)(=O)O)c(N=Nc4ccc(-c5ccc(N=Nc6c(S(=O)(=O)O)cc7ccc(Nc8cccc(S(=O)(=O)O)c8)cc7c6O)c(O)c5)cc4O)c(O)c3c2)c1. The summed E-state index contributed by atoms with van der Waals surface area (Å²) in [4.78, 5) is -2.45. The molecule has 0 saturated heterocycles. The van der Waals surface area contributed by atoms with E-state index in [1.54, 1.807) is 0 Å². The zero-order chi connectivity index (χ0) is 50.5. The van der Waals surface area contributed by atoms with Crippen molar-refractivity contribution in [3.63, 3.8) is 0 Å². The summed E-state index contributed by atoms with van der Waals surface area (Å²) in [6.45, 7) is 0. The Bertz CT molecular complexity index is 3760. The van der Waals surface area contributed by atoms with Crippen LogP contribution >= 0.6 is 0 Å². The third kappa shape index (κ3) is 10.3. The van der Waals surface area contributed by atoms with Crippen LogP contribution in [0.1, 0.15) is 0 Å². The first-order valence-corrected chi connectivity index (χ1v) is 25.3. The van der Waals surface area contributed by atoms with E-state index >= 15 is 0 Å². The van der Waals surface area contributed by atoms with E-state index in [-0.39, 0.29) is 66.8 Å². The van der Waals surface area contributed by atoms with Crippen molar-refractivity contribution >= 4 is 108 Å². The van der Waals surface area contributed by atoms with Crippen LogP contribution in [0, 0.1) is 0 Å². The molecule has 0 aromatic heterocycles. The molecule has 0 spiro atoms. The lowest BCUT2D eigenvalue weighted by Crippen LogP contribution is -2.00. The number of phenolic OH excluding ortho intramolecular Hbond substituents is 4. The van der Waals surface area contributed by atoms with Crippen molar-refractivity contribution in [2.24, 2.45) is 20.5 Å². The summed E-state index contributed by atoms with van der Waals surface area (Å²) >= 11 is 0. The summed E-state index contributed by atoms with van der Waals surface area (Å²) in [5, 5.41) is 66.0. The molecule has 0 aliphatic rings. The second-order valence-electron chi connectivity index (χ2n) is 15.0. The molecule has 0 saturated carbocycles. The lowest BCUT2D eigenvalue weighted by atomic mass is 10.0. The molecule has 0 aliphatic carbocycles. The zero-order valence-corrected chi connectivity index (χ0v) is 38.2. The number of phenols is 4. The molecule has 10 N–H and O–H groups in total. The van der Waals surface area contributed by atoms with Crippen LogP contribution in [0.25, 0.3) is 32.7 Å². The number of anilines is 4. The van der Waals surface area contributed by atoms with Crippen molar-refractivity contribution in [3.8, 4) is 34.1 Å². The lowest BCUT2D eigenvalue weighted by Gasteiger charge is -2.12. The molecule has 0 bridgehead atoms. The maximum absolute atomic E-state index is 12.4. The predicted molar refractivity (Wildman–Crippen MR) is 253 cm³/mol. The largest absolute Gasteiger partial charge is 0.506 e. The third-order valence-corrected chi connectivity index (χ3v) is 13.7. The molecule has 70 heavy (non-hydrogen) atoms. The first-order chi connectivity index (χ1) is 32.8. The van der Waals surface area contributed by atoms with Gasteiger partial charge < -0.3 is 31.1 Å². The Morgan fingerprint density at radius 2 is 0.743 bits per heavy atom. The summed E-state index contributed by atoms with van der Waals surface area (Å²) < 4.78 is 135. The normalized spacial score (nSPS) is 12.6. The highest BCUT2D eigenvalue weighted by Gasteiger charge is 2.25. The molecule has 8 aromatic carbocycles. The molecule has 8 rings (SSSR count). The fourth-order valence-electron chi connectivity index (χ4n) is 7.01. The van der Waals surface area contributed by atoms with E-state index in [9.17, 15) is 72.3 Å². The molecule has 0 fully saturated rings. The molecule has 8 aromatic rings. The highest BCUT2D eigenvalue weighted by atomic mass is 32.2. The molecule has 26 heteroatoms. The minimum Gasteiger partial charge on any atom is -0.506 e. The van der Waals surface area contributed by atoms with Crippen molar-refractivity contribution in [1.29, 1.82) is 0 Å². The van der Waals surface area contributed by atoms with Gasteiger partial charge in [-0.25, -0.2) is 0 Å². The molecule has 0 heterocycles. The molecule has 0 unspecified atom stereocenters. The number of nitrogens with one attached hydrogen (secondary N) is 2. The minimum atomic E-state index is -5.03. The second-order valence-corrected chi connectivity index (χ2v) is 20.7. The highest BCUT2D eigenvalue weighted by Crippen LogP contribution is 2.46. The number of hydrogen-bond acceptors (Lipinski definition) is 18. The van der Waals surface area contributed by atoms with Crippen LogP contribution in [0.5, 0.6) is 23.0 Å². The lowest BCUT2D eigenvalue weighted by molar-refractivity contribution is 0.471. The van der Waals surface area contributed by atoms with Crippen molar-refractivity contribution < 1.29 is 72.3 Å². The van der Waals surface area contributed by atoms with E-state index in [0.29, 0.717) is 0 Å². The summed E-state index contributed by atoms with van der Waals surface area (Å²) in [6, 6.07) is 28.6. The van der Waals surface area contributed by atoms with Crippen molar-refractivity contribution in [2.45, 2.75) is 19.6 Å². The minimum absolute atomic E-state index is 0.0150. The average molecular weight is 1030 g/mol. The van der Waals surface area contributed by atoms with E-state index in [1.807, 2.05) is 0 Å². The Morgan fingerprint density at radius 3 is 1.09 bits per heavy atom. The molecule has 0 aliphatic heterocycles. The number of aromatic hydroxyl groups is 4. The maximum Gasteiger partial charge on any atom is 0.296 e. The van der Waals surface area contributed by atoms with Gasteiger partial charge in [-0.05, 0) is 119 Å². The smallest absolute Gasteiger partial charge is 0.296 e. The maximum atomic E-state index is 12.4. The van der Waals surface area contributed by atoms with Crippen molar-refractivity contribution in [3.05, 3.63) is 133 Å². The van der Waals surface area contributed by atoms with Gasteiger partial charge in [-0.2, -0.15) is 33.7 Å². The predicted octanol–water partition coefficient (Wildman–Crippen LogP) is 9.79. The van der Waals surface area contributed by atoms with Crippen LogP contribution in [-0.4, -0.2) is 72.3 Å². The molecule has 0 radical (unpaired) electrons. The van der Waals surface area contributed by atoms with Crippen LogP contribution in [-0.2, 0) is 40.5 Å². The standard InChI is InChI=1S/C44H32N6O16S4/c51-37-15-23(9-13-35(37)47-49-41-39(69(61,62)63)17-25-7-11-29(21-33(25)43(41)53)45-27-3-1-5-31(19-27)67(55,56)57)24-10-14-36(38(52)16-24)48-50-42-40(70(64,65)66)18-26-8-12-30(22-34(26)44(42)54)46-28-4-2-6-32(20-28)68(58,59)60/h1-22,45-46,51-54H,(H,55,56,57)(H,58,59,60)(H,61,62,63)(H,64,65,66). The Kier molecular flexibility index (Phi) is 12.5. The molecule has 0 amide bonds. The van der Waals surface area contributed by atoms with Gasteiger partial charge in [0.05, 0.1) is 9.79 Å². The molecule has 0 atom stereocenters. The zero-order valence-electron chi connectivity index (χ0n) is 35.0. The summed E-state index contributed by atoms with van der Waals surface area (Å²) in [6.07, 6.45) is 0. The Labute approximate surface area is 396 Å². The second kappa shape index (κ2) is 18.1. The number of nitrogens with zero attached hydrogens (tertiary/aromatic N) is 4. The van der Waals surface area contributed by atoms with Gasteiger partial charge in [-0.1, -0.05) is 36.4 Å². The average Bonchev–Trinajstić information content (AvgIpc) is 3.28. The number of benzene rings is 8.